The van der Waals surface area contributed by atoms with E-state index < -0.39 is 37.0 Å². The van der Waals surface area contributed by atoms with E-state index in [2.05, 4.69) is 5.32 Å². The first-order valence-corrected chi connectivity index (χ1v) is 7.77. The van der Waals surface area contributed by atoms with Crippen LogP contribution in [0.2, 0.25) is 0 Å². The summed E-state index contributed by atoms with van der Waals surface area (Å²) in [6, 6.07) is 3.58. The van der Waals surface area contributed by atoms with E-state index in [1.165, 1.54) is 26.8 Å². The monoisotopic (exact) mass is 350 g/mol. The molecule has 0 unspecified atom stereocenters. The van der Waals surface area contributed by atoms with Crippen LogP contribution >= 0.6 is 0 Å². The van der Waals surface area contributed by atoms with Gasteiger partial charge in [0.1, 0.15) is 11.9 Å². The molecule has 0 aromatic heterocycles. The number of sulfone groups is 1. The molecule has 0 spiro atoms. The lowest BCUT2D eigenvalue weighted by Gasteiger charge is -2.18. The van der Waals surface area contributed by atoms with E-state index in [9.17, 15) is 26.0 Å². The summed E-state index contributed by atoms with van der Waals surface area (Å²) < 4.78 is 74.0. The van der Waals surface area contributed by atoms with Gasteiger partial charge in [-0.3, -0.25) is 0 Å². The van der Waals surface area contributed by atoms with Gasteiger partial charge in [-0.1, -0.05) is 0 Å². The Bertz CT molecular complexity index is 769. The Hall–Kier alpha value is -2.08. The number of benzene rings is 1. The minimum atomic E-state index is -4.89. The molecule has 0 amide bonds. The Labute approximate surface area is 131 Å². The quantitative estimate of drug-likeness (QED) is 0.664. The molecule has 0 saturated heterocycles. The van der Waals surface area contributed by atoms with E-state index in [-0.39, 0.29) is 5.69 Å². The fourth-order valence-corrected chi connectivity index (χ4v) is 2.47. The number of alkyl halides is 3. The van der Waals surface area contributed by atoms with Crippen LogP contribution in [0.25, 0.3) is 0 Å². The number of rotatable bonds is 3. The summed E-state index contributed by atoms with van der Waals surface area (Å²) in [6.07, 6.45) is -4.10. The van der Waals surface area contributed by atoms with E-state index in [4.69, 9.17) is 5.26 Å². The van der Waals surface area contributed by atoms with Gasteiger partial charge < -0.3 is 5.32 Å². The molecule has 1 rings (SSSR count). The van der Waals surface area contributed by atoms with Gasteiger partial charge in [-0.25, -0.2) is 12.8 Å². The van der Waals surface area contributed by atoms with Crippen LogP contribution in [-0.4, -0.2) is 13.2 Å². The molecule has 0 aliphatic carbocycles. The number of nitrogens with zero attached hydrogens (tertiary/aromatic N) is 1. The molecule has 0 saturated carbocycles. The SMILES string of the molecule is CC(C)(C)S(=O)(=O)/C(C#N)=C\Nc1ccc(F)c(C(F)(F)F)c1. The van der Waals surface area contributed by atoms with Crippen LogP contribution < -0.4 is 5.32 Å². The number of hydrogen-bond acceptors (Lipinski definition) is 4. The minimum Gasteiger partial charge on any atom is -0.360 e. The van der Waals surface area contributed by atoms with Crippen LogP contribution in [0.5, 0.6) is 0 Å². The maximum Gasteiger partial charge on any atom is 0.419 e. The molecular weight excluding hydrogens is 336 g/mol. The van der Waals surface area contributed by atoms with Crippen molar-refractivity contribution in [1.82, 2.24) is 0 Å². The van der Waals surface area contributed by atoms with Gasteiger partial charge in [0.2, 0.25) is 0 Å². The normalized spacial score (nSPS) is 13.6. The predicted octanol–water partition coefficient (Wildman–Crippen LogP) is 3.83. The average molecular weight is 350 g/mol. The van der Waals surface area contributed by atoms with Gasteiger partial charge in [-0.15, -0.1) is 0 Å². The third-order valence-electron chi connectivity index (χ3n) is 2.85. The number of halogens is 4. The van der Waals surface area contributed by atoms with Gasteiger partial charge in [0.05, 0.1) is 10.3 Å². The van der Waals surface area contributed by atoms with Crippen LogP contribution in [0.3, 0.4) is 0 Å². The molecular formula is C14H14F4N2O2S. The number of allylic oxidation sites excluding steroid dienone is 1. The molecule has 0 radical (unpaired) electrons. The minimum absolute atomic E-state index is 0.199. The predicted molar refractivity (Wildman–Crippen MR) is 77.4 cm³/mol. The lowest BCUT2D eigenvalue weighted by Crippen LogP contribution is -2.29. The van der Waals surface area contributed by atoms with E-state index >= 15 is 0 Å². The van der Waals surface area contributed by atoms with Crippen LogP contribution in [0.1, 0.15) is 26.3 Å². The van der Waals surface area contributed by atoms with E-state index in [0.717, 1.165) is 12.3 Å². The second kappa shape index (κ2) is 6.20. The van der Waals surface area contributed by atoms with Crippen molar-refractivity contribution in [1.29, 1.82) is 5.26 Å². The average Bonchev–Trinajstić information content (AvgIpc) is 2.38. The van der Waals surface area contributed by atoms with Crippen LogP contribution in [0, 0.1) is 17.1 Å². The van der Waals surface area contributed by atoms with Gasteiger partial charge in [-0.05, 0) is 39.0 Å². The maximum absolute atomic E-state index is 13.2. The summed E-state index contributed by atoms with van der Waals surface area (Å²) in [4.78, 5) is -0.636. The van der Waals surface area contributed by atoms with Crippen molar-refractivity contribution in [2.45, 2.75) is 31.7 Å². The smallest absolute Gasteiger partial charge is 0.360 e. The molecule has 9 heteroatoms. The molecule has 0 bridgehead atoms. The summed E-state index contributed by atoms with van der Waals surface area (Å²) in [5.74, 6) is -1.45. The second-order valence-electron chi connectivity index (χ2n) is 5.57. The highest BCUT2D eigenvalue weighted by Gasteiger charge is 2.35. The van der Waals surface area contributed by atoms with E-state index in [0.29, 0.717) is 12.1 Å². The Balaban J connectivity index is 3.22. The summed E-state index contributed by atoms with van der Waals surface area (Å²) in [6.45, 7) is 4.15. The van der Waals surface area contributed by atoms with Gasteiger partial charge in [-0.2, -0.15) is 18.4 Å². The van der Waals surface area contributed by atoms with Crippen molar-refractivity contribution < 1.29 is 26.0 Å². The van der Waals surface area contributed by atoms with Gasteiger partial charge in [0.25, 0.3) is 0 Å². The van der Waals surface area contributed by atoms with Gasteiger partial charge in [0.15, 0.2) is 14.7 Å². The highest BCUT2D eigenvalue weighted by molar-refractivity contribution is 7.96. The third-order valence-corrected chi connectivity index (χ3v) is 5.25. The zero-order valence-corrected chi connectivity index (χ0v) is 13.3. The maximum atomic E-state index is 13.2. The van der Waals surface area contributed by atoms with E-state index in [1.54, 1.807) is 0 Å². The number of hydrogen-bond donors (Lipinski definition) is 1. The Morgan fingerprint density at radius 3 is 2.26 bits per heavy atom. The number of anilines is 1. The van der Waals surface area contributed by atoms with Crippen molar-refractivity contribution in [3.05, 3.63) is 40.7 Å². The molecule has 1 N–H and O–H groups in total. The van der Waals surface area contributed by atoms with Crippen molar-refractivity contribution in [3.63, 3.8) is 0 Å². The molecule has 0 heterocycles. The topological polar surface area (TPSA) is 70.0 Å². The lowest BCUT2D eigenvalue weighted by atomic mass is 10.2. The molecule has 0 aliphatic rings. The number of nitrogens with one attached hydrogen (secondary N) is 1. The standard InChI is InChI=1S/C14H14F4N2O2S/c1-13(2,3)23(21,22)10(7-19)8-20-9-4-5-12(15)11(6-9)14(16,17)18/h4-6,8,20H,1-3H3/b10-8-. The van der Waals surface area contributed by atoms with Gasteiger partial charge in [0, 0.05) is 11.9 Å². The highest BCUT2D eigenvalue weighted by Crippen LogP contribution is 2.33. The third kappa shape index (κ3) is 4.22. The number of nitriles is 1. The van der Waals surface area contributed by atoms with Crippen molar-refractivity contribution in [2.75, 3.05) is 5.32 Å². The fraction of sp³-hybridized carbons (Fsp3) is 0.357. The Morgan fingerprint density at radius 2 is 1.83 bits per heavy atom. The molecule has 1 aromatic rings. The fourth-order valence-electron chi connectivity index (χ4n) is 1.48. The first-order chi connectivity index (χ1) is 10.3. The molecule has 0 fully saturated rings. The van der Waals surface area contributed by atoms with Crippen LogP contribution in [0.15, 0.2) is 29.3 Å². The van der Waals surface area contributed by atoms with Crippen molar-refractivity contribution in [3.8, 4) is 6.07 Å². The summed E-state index contributed by atoms with van der Waals surface area (Å²) in [5, 5.41) is 11.2. The molecule has 23 heavy (non-hydrogen) atoms. The Morgan fingerprint density at radius 1 is 1.26 bits per heavy atom. The van der Waals surface area contributed by atoms with Crippen molar-refractivity contribution in [2.24, 2.45) is 0 Å². The van der Waals surface area contributed by atoms with Crippen LogP contribution in [0.4, 0.5) is 23.2 Å². The summed E-state index contributed by atoms with van der Waals surface area (Å²) >= 11 is 0. The van der Waals surface area contributed by atoms with Crippen molar-refractivity contribution >= 4 is 15.5 Å². The van der Waals surface area contributed by atoms with E-state index in [1.807, 2.05) is 0 Å². The molecule has 126 valence electrons. The molecule has 1 aromatic carbocycles. The molecule has 4 nitrogen and oxygen atoms in total. The largest absolute Gasteiger partial charge is 0.419 e. The highest BCUT2D eigenvalue weighted by atomic mass is 32.2. The zero-order valence-electron chi connectivity index (χ0n) is 12.5. The van der Waals surface area contributed by atoms with Crippen LogP contribution in [-0.2, 0) is 16.0 Å². The second-order valence-corrected chi connectivity index (χ2v) is 8.24. The Kier molecular flexibility index (Phi) is 5.11. The zero-order chi connectivity index (χ0) is 18.1. The summed E-state index contributed by atoms with van der Waals surface area (Å²) in [7, 11) is -3.96. The first-order valence-electron chi connectivity index (χ1n) is 6.29. The van der Waals surface area contributed by atoms with Gasteiger partial charge >= 0.3 is 6.18 Å². The molecule has 0 atom stereocenters. The molecule has 0 aliphatic heterocycles. The lowest BCUT2D eigenvalue weighted by molar-refractivity contribution is -0.139. The first kappa shape index (κ1) is 19.0. The summed E-state index contributed by atoms with van der Waals surface area (Å²) in [5.41, 5.74) is -1.69.